The van der Waals surface area contributed by atoms with Gasteiger partial charge in [0.05, 0.1) is 54.5 Å². The molecule has 6 amide bonds. The van der Waals surface area contributed by atoms with E-state index in [1.807, 2.05) is 34.6 Å². The van der Waals surface area contributed by atoms with E-state index in [0.717, 1.165) is 27.9 Å². The number of thioether (sulfide) groups is 2. The Balaban J connectivity index is 0.646. The summed E-state index contributed by atoms with van der Waals surface area (Å²) in [4.78, 5) is 122. The number of nitrogens with one attached hydrogen (secondary N) is 2. The molecule has 36 heteroatoms. The smallest absolute Gasteiger partial charge is 0.415 e. The van der Waals surface area contributed by atoms with E-state index in [9.17, 15) is 55.2 Å². The normalized spacial score (nSPS) is 18.5. The Bertz CT molecular complexity index is 4270. The highest BCUT2D eigenvalue weighted by Gasteiger charge is 2.54. The Morgan fingerprint density at radius 3 is 1.18 bits per heavy atom. The number of amides is 6. The van der Waals surface area contributed by atoms with Crippen LogP contribution in [0.2, 0.25) is 0 Å². The summed E-state index contributed by atoms with van der Waals surface area (Å²) in [6.07, 6.45) is 6.72. The van der Waals surface area contributed by atoms with Crippen molar-refractivity contribution < 1.29 is 103 Å². The largest absolute Gasteiger partial charge is 0.458 e. The summed E-state index contributed by atoms with van der Waals surface area (Å²) >= 11 is 2.60. The fraction of sp³-hybridized carbons (Fsp3) is 0.634. The molecule has 2 N–H and O–H groups in total. The van der Waals surface area contributed by atoms with Crippen LogP contribution in [0.5, 0.6) is 11.5 Å². The Morgan fingerprint density at radius 1 is 0.475 bits per heavy atom. The van der Waals surface area contributed by atoms with Crippen molar-refractivity contribution in [3.8, 4) is 11.5 Å². The quantitative estimate of drug-likeness (QED) is 0.0243. The van der Waals surface area contributed by atoms with Gasteiger partial charge in [0, 0.05) is 106 Å². The number of piperazine rings is 2. The van der Waals surface area contributed by atoms with E-state index in [-0.39, 0.29) is 131 Å². The third-order valence-corrected chi connectivity index (χ3v) is 26.7. The molecule has 4 aliphatic rings. The Hall–Kier alpha value is -7.94. The summed E-state index contributed by atoms with van der Waals surface area (Å²) in [5.41, 5.74) is -2.14. The molecule has 6 heterocycles. The molecule has 4 saturated heterocycles. The number of ether oxygens (including phenoxy) is 10. The predicted octanol–water partition coefficient (Wildman–Crippen LogP) is 10.2. The monoisotopic (exact) mass is 1720 g/mol. The topological polar surface area (TPSA) is 366 Å². The van der Waals surface area contributed by atoms with Crippen LogP contribution in [0.15, 0.2) is 107 Å². The second-order valence-electron chi connectivity index (χ2n) is 34.4. The molecular formula is C82H120N10O22S4. The molecule has 2 aromatic carbocycles. The second kappa shape index (κ2) is 41.1. The molecule has 2 aromatic heterocycles. The van der Waals surface area contributed by atoms with Crippen molar-refractivity contribution in [1.29, 1.82) is 0 Å². The van der Waals surface area contributed by atoms with E-state index < -0.39 is 130 Å². The molecule has 32 nitrogen and oxygen atoms in total. The lowest BCUT2D eigenvalue weighted by Gasteiger charge is -2.33. The molecule has 0 saturated carbocycles. The van der Waals surface area contributed by atoms with E-state index in [1.165, 1.54) is 92.2 Å². The first kappa shape index (κ1) is 95.5. The molecule has 0 spiro atoms. The minimum Gasteiger partial charge on any atom is -0.458 e. The van der Waals surface area contributed by atoms with Crippen LogP contribution in [0.3, 0.4) is 0 Å². The van der Waals surface area contributed by atoms with Gasteiger partial charge in [0.1, 0.15) is 69.9 Å². The van der Waals surface area contributed by atoms with Gasteiger partial charge in [-0.1, -0.05) is 24.3 Å². The maximum Gasteiger partial charge on any atom is 0.415 e. The van der Waals surface area contributed by atoms with Crippen LogP contribution in [0, 0.1) is 0 Å². The second-order valence-corrected chi connectivity index (χ2v) is 41.4. The number of aromatic nitrogens is 2. The molecule has 0 aliphatic carbocycles. The van der Waals surface area contributed by atoms with E-state index >= 15 is 0 Å². The van der Waals surface area contributed by atoms with Gasteiger partial charge in [-0.2, -0.15) is 8.61 Å². The molecule has 0 bridgehead atoms. The third kappa shape index (κ3) is 28.6. The number of pyridine rings is 2. The summed E-state index contributed by atoms with van der Waals surface area (Å²) in [5, 5.41) is 5.58. The van der Waals surface area contributed by atoms with Gasteiger partial charge in [-0.15, -0.1) is 23.5 Å². The first-order chi connectivity index (χ1) is 55.1. The average Bonchev–Trinajstić information content (AvgIpc) is 1.60. The number of sulfonamides is 2. The molecule has 5 atom stereocenters. The van der Waals surface area contributed by atoms with Gasteiger partial charge in [0.2, 0.25) is 31.9 Å². The van der Waals surface area contributed by atoms with Crippen molar-refractivity contribution in [2.45, 2.75) is 240 Å². The van der Waals surface area contributed by atoms with Crippen molar-refractivity contribution in [2.75, 3.05) is 104 Å². The van der Waals surface area contributed by atoms with Gasteiger partial charge in [0.15, 0.2) is 0 Å². The van der Waals surface area contributed by atoms with Crippen LogP contribution in [-0.2, 0) is 90.0 Å². The minimum atomic E-state index is -4.13. The fourth-order valence-corrected chi connectivity index (χ4v) is 19.5. The zero-order valence-corrected chi connectivity index (χ0v) is 74.3. The highest BCUT2D eigenvalue weighted by molar-refractivity contribution is 8.02. The molecule has 4 aromatic rings. The van der Waals surface area contributed by atoms with Crippen LogP contribution in [0.25, 0.3) is 0 Å². The van der Waals surface area contributed by atoms with Gasteiger partial charge in [-0.3, -0.25) is 19.6 Å². The number of hydrogen-bond acceptors (Lipinski definition) is 26. The van der Waals surface area contributed by atoms with Crippen LogP contribution in [-0.4, -0.2) is 275 Å². The maximum atomic E-state index is 14.1. The van der Waals surface area contributed by atoms with Crippen molar-refractivity contribution in [2.24, 2.45) is 0 Å². The van der Waals surface area contributed by atoms with Crippen molar-refractivity contribution in [3.05, 3.63) is 109 Å². The summed E-state index contributed by atoms with van der Waals surface area (Å²) in [7, 11) is -8.27. The van der Waals surface area contributed by atoms with Gasteiger partial charge >= 0.3 is 36.3 Å². The van der Waals surface area contributed by atoms with Crippen molar-refractivity contribution in [3.63, 3.8) is 0 Å². The molecule has 4 aliphatic heterocycles. The third-order valence-electron chi connectivity index (χ3n) is 20.0. The van der Waals surface area contributed by atoms with Crippen LogP contribution in [0.4, 0.5) is 19.2 Å². The molecule has 8 rings (SSSR count). The Kier molecular flexibility index (Phi) is 33.3. The number of benzene rings is 2. The Morgan fingerprint density at radius 2 is 0.822 bits per heavy atom. The van der Waals surface area contributed by atoms with E-state index in [1.54, 1.807) is 118 Å². The number of nitrogens with zero attached hydrogens (tertiary/aromatic N) is 8. The molecule has 4 fully saturated rings. The molecule has 0 radical (unpaired) electrons. The van der Waals surface area contributed by atoms with E-state index in [2.05, 4.69) is 34.4 Å². The number of esters is 2. The molecule has 1 unspecified atom stereocenters. The van der Waals surface area contributed by atoms with E-state index in [0.29, 0.717) is 37.2 Å². The van der Waals surface area contributed by atoms with Crippen molar-refractivity contribution >= 4 is 91.7 Å². The molecular weight excluding hydrogens is 1610 g/mol. The first-order valence-electron chi connectivity index (χ1n) is 39.8. The first-order valence-corrected chi connectivity index (χ1v) is 44.6. The number of carbonyl (C=O) groups is 8. The zero-order valence-electron chi connectivity index (χ0n) is 71.1. The zero-order chi connectivity index (χ0) is 86.8. The summed E-state index contributed by atoms with van der Waals surface area (Å²) in [6, 6.07) is 14.0. The van der Waals surface area contributed by atoms with Crippen LogP contribution >= 0.6 is 23.5 Å². The van der Waals surface area contributed by atoms with Crippen molar-refractivity contribution in [1.82, 2.24) is 48.8 Å². The summed E-state index contributed by atoms with van der Waals surface area (Å²) < 4.78 is 114. The van der Waals surface area contributed by atoms with Crippen LogP contribution < -0.4 is 20.1 Å². The fourth-order valence-electron chi connectivity index (χ4n) is 13.3. The lowest BCUT2D eigenvalue weighted by molar-refractivity contribution is -0.159. The van der Waals surface area contributed by atoms with Gasteiger partial charge in [-0.05, 0) is 209 Å². The molecule has 654 valence electrons. The lowest BCUT2D eigenvalue weighted by Crippen LogP contribution is -2.57. The summed E-state index contributed by atoms with van der Waals surface area (Å²) in [6.45, 7) is 34.2. The minimum absolute atomic E-state index is 0.00827. The van der Waals surface area contributed by atoms with Gasteiger partial charge in [-0.25, -0.2) is 45.6 Å². The van der Waals surface area contributed by atoms with E-state index in [4.69, 9.17) is 47.4 Å². The molecule has 118 heavy (non-hydrogen) atoms. The highest BCUT2D eigenvalue weighted by Crippen LogP contribution is 2.44. The maximum absolute atomic E-state index is 14.1. The number of rotatable bonds is 36. The highest BCUT2D eigenvalue weighted by atomic mass is 32.2. The average molecular weight is 1730 g/mol. The van der Waals surface area contributed by atoms with Crippen LogP contribution in [0.1, 0.15) is 161 Å². The SMILES string of the molecule is CC(CCCC(C)(C)OCCC(C)(C)OCCOC(=O)N1CCN(C(=O)Oc2ccc(C[C@H](NC(=O)[C@H]3N(S(=O)(=O)c4cccnc4)CSC3(C)C)C(=O)OC(C)(C)C)cc2)CC1)OCCC(C)(C)OCCOC(=O)N1CCN(C(=O)Oc2ccc(C[C@H](NC(=O)[C@H]3N(S(=O)(=O)c4cccnc4)CSC3(C)C)C(=O)OC(C)(C)C)cc2)CC1. The predicted molar refractivity (Wildman–Crippen MR) is 443 cm³/mol. The Labute approximate surface area is 703 Å². The van der Waals surface area contributed by atoms with Gasteiger partial charge < -0.3 is 77.6 Å². The lowest BCUT2D eigenvalue weighted by atomic mass is 9.99. The van der Waals surface area contributed by atoms with Gasteiger partial charge in [0.25, 0.3) is 0 Å². The standard InChI is InChI=1S/C82H120N10O22S4/c1-57(105-45-33-79(10,11)109-49-47-106-72(97)87-37-41-89(42-38-87)74(99)111-60-28-24-58(25-29-60)51-64(70(95)113-76(2,3)4)85-68(93)66-81(14,15)115-55-91(66)117(101,102)62-22-19-35-83-53-62)21-18-32-78(8,9)108-46-34-80(12,13)110-50-48-107-73(98)88-39-43-90(44-40-88)75(100)112-61-30-26-59(27-31-61)52-65(71(96)114-77(5,6)7)86-69(94)67-82(16,17)116-56-92(67)118(103,104)63-23-20-36-84-54-63/h19-20,22-31,35-36,53-54,57,64-67H,18,21,32-34,37-52,55-56H2,1-17H3,(H,85,93)(H,86,94)/t57?,64-,65-,66+,67+/m0/s1. The number of carbonyl (C=O) groups excluding carboxylic acids is 8. The summed E-state index contributed by atoms with van der Waals surface area (Å²) in [5.74, 6) is -2.28. The number of hydrogen-bond donors (Lipinski definition) is 2.